The van der Waals surface area contributed by atoms with Crippen LogP contribution in [-0.4, -0.2) is 66.7 Å². The lowest BCUT2D eigenvalue weighted by Gasteiger charge is -2.38. The molecular formula is C24H32N4O4S. The zero-order valence-corrected chi connectivity index (χ0v) is 19.7. The van der Waals surface area contributed by atoms with Crippen LogP contribution in [0.3, 0.4) is 0 Å². The van der Waals surface area contributed by atoms with Crippen molar-refractivity contribution in [3.63, 3.8) is 0 Å². The van der Waals surface area contributed by atoms with Crippen molar-refractivity contribution in [2.45, 2.75) is 63.0 Å². The van der Waals surface area contributed by atoms with E-state index >= 15 is 0 Å². The Morgan fingerprint density at radius 2 is 2.00 bits per heavy atom. The summed E-state index contributed by atoms with van der Waals surface area (Å²) in [6.45, 7) is 3.64. The van der Waals surface area contributed by atoms with Gasteiger partial charge in [-0.2, -0.15) is 0 Å². The Hall–Kier alpha value is -2.23. The van der Waals surface area contributed by atoms with Gasteiger partial charge in [-0.15, -0.1) is 11.3 Å². The van der Waals surface area contributed by atoms with Gasteiger partial charge in [-0.3, -0.25) is 14.5 Å². The lowest BCUT2D eigenvalue weighted by atomic mass is 9.91. The van der Waals surface area contributed by atoms with Crippen molar-refractivity contribution in [3.05, 3.63) is 22.7 Å². The molecule has 2 fully saturated rings. The third-order valence-corrected chi connectivity index (χ3v) is 8.36. The molecule has 3 N–H and O–H groups in total. The number of primary amides is 1. The molecule has 9 heteroatoms. The topological polar surface area (TPSA) is 107 Å². The summed E-state index contributed by atoms with van der Waals surface area (Å²) in [5.74, 6) is 0.348. The van der Waals surface area contributed by atoms with E-state index < -0.39 is 5.91 Å². The van der Waals surface area contributed by atoms with E-state index in [0.29, 0.717) is 12.5 Å². The normalized spacial score (nSPS) is 25.6. The zero-order chi connectivity index (χ0) is 22.8. The molecule has 0 unspecified atom stereocenters. The summed E-state index contributed by atoms with van der Waals surface area (Å²) in [6, 6.07) is 2.62. The maximum atomic E-state index is 12.4. The largest absolute Gasteiger partial charge is 0.490 e. The van der Waals surface area contributed by atoms with Gasteiger partial charge < -0.3 is 20.5 Å². The third kappa shape index (κ3) is 5.00. The zero-order valence-electron chi connectivity index (χ0n) is 18.9. The Labute approximate surface area is 197 Å². The number of nitrogens with one attached hydrogen (secondary N) is 1. The van der Waals surface area contributed by atoms with Crippen LogP contribution in [-0.2, 0) is 20.7 Å². The standard InChI is InChI=1S/C24H32N4O4S/c25-20(29)14-27-21(30)13-15-1-6-19-22(15)23-18(7-8-26-24(23)33-19)32-17-4-2-16(3-5-17)28-9-11-31-12-10-28/h7-8,15-17H,1-6,9-14H2,(H2,25,29)(H,27,30)/t15-,16-,17-/m1/s1. The highest BCUT2D eigenvalue weighted by Crippen LogP contribution is 2.48. The fourth-order valence-corrected chi connectivity index (χ4v) is 6.82. The molecule has 3 aliphatic rings. The highest BCUT2D eigenvalue weighted by Gasteiger charge is 2.32. The monoisotopic (exact) mass is 472 g/mol. The van der Waals surface area contributed by atoms with Gasteiger partial charge in [-0.25, -0.2) is 4.98 Å². The van der Waals surface area contributed by atoms with Crippen LogP contribution < -0.4 is 15.8 Å². The molecule has 2 amide bonds. The van der Waals surface area contributed by atoms with E-state index in [1.54, 1.807) is 11.3 Å². The number of carbonyl (C=O) groups is 2. The van der Waals surface area contributed by atoms with Gasteiger partial charge in [0.15, 0.2) is 0 Å². The minimum absolute atomic E-state index is 0.116. The first-order valence-electron chi connectivity index (χ1n) is 12.0. The van der Waals surface area contributed by atoms with Crippen molar-refractivity contribution in [3.8, 4) is 5.75 Å². The molecule has 3 heterocycles. The predicted octanol–water partition coefficient (Wildman–Crippen LogP) is 2.34. The van der Waals surface area contributed by atoms with Crippen LogP contribution in [0.15, 0.2) is 12.3 Å². The van der Waals surface area contributed by atoms with Gasteiger partial charge >= 0.3 is 0 Å². The summed E-state index contributed by atoms with van der Waals surface area (Å²) < 4.78 is 12.1. The smallest absolute Gasteiger partial charge is 0.236 e. The first-order valence-corrected chi connectivity index (χ1v) is 12.8. The van der Waals surface area contributed by atoms with Crippen LogP contribution in [0.1, 0.15) is 54.9 Å². The maximum absolute atomic E-state index is 12.4. The Morgan fingerprint density at radius 3 is 2.76 bits per heavy atom. The number of hydrogen-bond donors (Lipinski definition) is 2. The van der Waals surface area contributed by atoms with Gasteiger partial charge in [0.05, 0.1) is 31.2 Å². The second kappa shape index (κ2) is 9.95. The van der Waals surface area contributed by atoms with Crippen LogP contribution >= 0.6 is 11.3 Å². The molecule has 1 atom stereocenters. The predicted molar refractivity (Wildman–Crippen MR) is 127 cm³/mol. The van der Waals surface area contributed by atoms with Gasteiger partial charge in [0.25, 0.3) is 0 Å². The fourth-order valence-electron chi connectivity index (χ4n) is 5.56. The summed E-state index contributed by atoms with van der Waals surface area (Å²) in [5, 5.41) is 3.70. The van der Waals surface area contributed by atoms with E-state index in [9.17, 15) is 9.59 Å². The van der Waals surface area contributed by atoms with Crippen molar-refractivity contribution >= 4 is 33.4 Å². The van der Waals surface area contributed by atoms with Crippen molar-refractivity contribution in [2.24, 2.45) is 5.73 Å². The van der Waals surface area contributed by atoms with Gasteiger partial charge in [-0.1, -0.05) is 0 Å². The number of nitrogens with zero attached hydrogens (tertiary/aromatic N) is 2. The van der Waals surface area contributed by atoms with Gasteiger partial charge in [0, 0.05) is 36.6 Å². The van der Waals surface area contributed by atoms with Crippen LogP contribution in [0.5, 0.6) is 5.75 Å². The van der Waals surface area contributed by atoms with Gasteiger partial charge in [0.2, 0.25) is 11.8 Å². The van der Waals surface area contributed by atoms with E-state index in [0.717, 1.165) is 80.8 Å². The number of pyridine rings is 1. The van der Waals surface area contributed by atoms with E-state index in [4.69, 9.17) is 15.2 Å². The number of morpholine rings is 1. The van der Waals surface area contributed by atoms with Crippen LogP contribution in [0.2, 0.25) is 0 Å². The molecule has 0 spiro atoms. The Kier molecular flexibility index (Phi) is 6.80. The van der Waals surface area contributed by atoms with Crippen molar-refractivity contribution in [1.82, 2.24) is 15.2 Å². The number of ether oxygens (including phenoxy) is 2. The molecule has 1 aliphatic heterocycles. The molecule has 1 saturated heterocycles. The highest BCUT2D eigenvalue weighted by atomic mass is 32.1. The second-order valence-corrected chi connectivity index (χ2v) is 10.4. The van der Waals surface area contributed by atoms with Crippen LogP contribution in [0.4, 0.5) is 0 Å². The summed E-state index contributed by atoms with van der Waals surface area (Å²) in [4.78, 5) is 32.8. The molecule has 1 saturated carbocycles. The molecule has 8 nitrogen and oxygen atoms in total. The number of carbonyl (C=O) groups excluding carboxylic acids is 2. The first kappa shape index (κ1) is 22.6. The molecule has 0 aromatic carbocycles. The van der Waals surface area contributed by atoms with Crippen molar-refractivity contribution < 1.29 is 19.1 Å². The minimum atomic E-state index is -0.528. The Balaban J connectivity index is 1.28. The number of fused-ring (bicyclic) bond motifs is 3. The van der Waals surface area contributed by atoms with E-state index in [1.807, 2.05) is 12.3 Å². The quantitative estimate of drug-likeness (QED) is 0.641. The maximum Gasteiger partial charge on any atom is 0.236 e. The average Bonchev–Trinajstić information content (AvgIpc) is 3.39. The molecule has 33 heavy (non-hydrogen) atoms. The number of nitrogens with two attached hydrogens (primary N) is 1. The third-order valence-electron chi connectivity index (χ3n) is 7.19. The fraction of sp³-hybridized carbons (Fsp3) is 0.625. The number of aromatic nitrogens is 1. The van der Waals surface area contributed by atoms with Crippen LogP contribution in [0, 0.1) is 0 Å². The number of thiophene rings is 1. The SMILES string of the molecule is NC(=O)CNC(=O)C[C@H]1CCc2sc3nccc(O[C@H]4CC[C@H](N5CCOCC5)CC4)c3c21. The molecule has 0 bridgehead atoms. The molecular weight excluding hydrogens is 440 g/mol. The number of hydrogen-bond acceptors (Lipinski definition) is 7. The Bertz CT molecular complexity index is 1010. The molecule has 2 aromatic rings. The first-order chi connectivity index (χ1) is 16.1. The molecule has 5 rings (SSSR count). The minimum Gasteiger partial charge on any atom is -0.490 e. The summed E-state index contributed by atoms with van der Waals surface area (Å²) in [6.07, 6.45) is 8.69. The molecule has 2 aromatic heterocycles. The van der Waals surface area contributed by atoms with Gasteiger partial charge in [-0.05, 0) is 56.1 Å². The van der Waals surface area contributed by atoms with E-state index in [2.05, 4.69) is 15.2 Å². The Morgan fingerprint density at radius 1 is 1.21 bits per heavy atom. The van der Waals surface area contributed by atoms with Crippen LogP contribution in [0.25, 0.3) is 10.2 Å². The second-order valence-electron chi connectivity index (χ2n) is 9.31. The lowest BCUT2D eigenvalue weighted by molar-refractivity contribution is -0.125. The summed E-state index contributed by atoms with van der Waals surface area (Å²) >= 11 is 1.72. The molecule has 178 valence electrons. The summed E-state index contributed by atoms with van der Waals surface area (Å²) in [7, 11) is 0. The van der Waals surface area contributed by atoms with Crippen molar-refractivity contribution in [2.75, 3.05) is 32.8 Å². The number of aryl methyl sites for hydroxylation is 1. The average molecular weight is 473 g/mol. The van der Waals surface area contributed by atoms with E-state index in [1.165, 1.54) is 10.4 Å². The van der Waals surface area contributed by atoms with E-state index in [-0.39, 0.29) is 24.5 Å². The van der Waals surface area contributed by atoms with Crippen molar-refractivity contribution in [1.29, 1.82) is 0 Å². The molecule has 0 radical (unpaired) electrons. The molecule has 2 aliphatic carbocycles. The number of amides is 2. The lowest BCUT2D eigenvalue weighted by Crippen LogP contribution is -2.46. The highest BCUT2D eigenvalue weighted by molar-refractivity contribution is 7.19. The number of rotatable bonds is 7. The summed E-state index contributed by atoms with van der Waals surface area (Å²) in [5.41, 5.74) is 6.37. The van der Waals surface area contributed by atoms with Gasteiger partial charge in [0.1, 0.15) is 10.6 Å².